The number of hydrogen-bond donors (Lipinski definition) is 0. The van der Waals surface area contributed by atoms with E-state index in [2.05, 4.69) is 125 Å². The molecule has 0 aliphatic carbocycles. The summed E-state index contributed by atoms with van der Waals surface area (Å²) in [4.78, 5) is 16.8. The van der Waals surface area contributed by atoms with Crippen molar-refractivity contribution >= 4 is 28.0 Å². The number of anilines is 3. The van der Waals surface area contributed by atoms with Gasteiger partial charge in [0.2, 0.25) is 0 Å². The van der Waals surface area contributed by atoms with Crippen molar-refractivity contribution in [3.05, 3.63) is 146 Å². The molecule has 8 rings (SSSR count). The van der Waals surface area contributed by atoms with Gasteiger partial charge in [0.25, 0.3) is 0 Å². The Balaban J connectivity index is 1.41. The highest BCUT2D eigenvalue weighted by Crippen LogP contribution is 2.51. The third kappa shape index (κ3) is 3.97. The first-order chi connectivity index (χ1) is 20.3. The summed E-state index contributed by atoms with van der Waals surface area (Å²) in [7, 11) is 0. The summed E-state index contributed by atoms with van der Waals surface area (Å²) >= 11 is 0. The van der Waals surface area contributed by atoms with Crippen LogP contribution in [0, 0.1) is 0 Å². The van der Waals surface area contributed by atoms with Crippen molar-refractivity contribution in [1.29, 1.82) is 0 Å². The summed E-state index contributed by atoms with van der Waals surface area (Å²) in [5.74, 6) is 0.826. The monoisotopic (exact) mass is 524 g/mol. The molecule has 1 aliphatic heterocycles. The molecular weight excluding hydrogens is 500 g/mol. The molecule has 0 N–H and O–H groups in total. The van der Waals surface area contributed by atoms with E-state index in [4.69, 9.17) is 9.97 Å². The molecule has 5 aromatic carbocycles. The fourth-order valence-corrected chi connectivity index (χ4v) is 5.83. The van der Waals surface area contributed by atoms with E-state index in [1.807, 2.05) is 24.4 Å². The van der Waals surface area contributed by atoms with Gasteiger partial charge < -0.3 is 0 Å². The summed E-state index contributed by atoms with van der Waals surface area (Å²) < 4.78 is 0. The van der Waals surface area contributed by atoms with Crippen LogP contribution in [0.15, 0.2) is 146 Å². The van der Waals surface area contributed by atoms with Crippen molar-refractivity contribution in [2.45, 2.75) is 0 Å². The zero-order chi connectivity index (χ0) is 27.2. The zero-order valence-electron chi connectivity index (χ0n) is 22.1. The highest BCUT2D eigenvalue weighted by Gasteiger charge is 2.29. The second-order valence-corrected chi connectivity index (χ2v) is 10.2. The molecule has 0 unspecified atom stereocenters. The second-order valence-electron chi connectivity index (χ2n) is 10.2. The van der Waals surface area contributed by atoms with Crippen LogP contribution in [0.5, 0.6) is 0 Å². The van der Waals surface area contributed by atoms with Crippen molar-refractivity contribution in [2.75, 3.05) is 4.90 Å². The van der Waals surface area contributed by atoms with Gasteiger partial charge in [0.1, 0.15) is 12.1 Å². The zero-order valence-corrected chi connectivity index (χ0v) is 22.1. The second kappa shape index (κ2) is 9.54. The third-order valence-corrected chi connectivity index (χ3v) is 7.71. The Kier molecular flexibility index (Phi) is 5.42. The Morgan fingerprint density at radius 1 is 0.512 bits per heavy atom. The van der Waals surface area contributed by atoms with E-state index >= 15 is 0 Å². The van der Waals surface area contributed by atoms with Gasteiger partial charge in [-0.1, -0.05) is 103 Å². The summed E-state index contributed by atoms with van der Waals surface area (Å²) in [5, 5.41) is 2.32. The highest BCUT2D eigenvalue weighted by molar-refractivity contribution is 6.14. The smallest absolute Gasteiger partial charge is 0.139 e. The molecule has 0 spiro atoms. The SMILES string of the molecule is c1ccc(-c2cc(-c3ccccc3)nc(N3c4cncnc4-c4cc(-c5ccccc5)cc5cccc3c45)c2)cc1. The average Bonchev–Trinajstić information content (AvgIpc) is 3.06. The summed E-state index contributed by atoms with van der Waals surface area (Å²) in [6.45, 7) is 0. The number of benzene rings is 5. The molecule has 4 heteroatoms. The van der Waals surface area contributed by atoms with Crippen molar-refractivity contribution in [2.24, 2.45) is 0 Å². The van der Waals surface area contributed by atoms with Crippen LogP contribution in [0.2, 0.25) is 0 Å². The standard InChI is InChI=1S/C37H24N4/c1-4-11-25(12-5-1)29-19-28-17-10-18-33-36(28)31(20-29)37-34(23-38-24-39-37)41(33)35-22-30(26-13-6-2-7-14-26)21-32(40-35)27-15-8-3-9-16-27/h1-24H. The maximum Gasteiger partial charge on any atom is 0.139 e. The Hall–Kier alpha value is -5.61. The van der Waals surface area contributed by atoms with Crippen molar-refractivity contribution in [3.8, 4) is 44.8 Å². The van der Waals surface area contributed by atoms with Crippen LogP contribution in [0.3, 0.4) is 0 Å². The summed E-state index contributed by atoms with van der Waals surface area (Å²) in [6, 6.07) is 46.7. The van der Waals surface area contributed by atoms with E-state index in [1.54, 1.807) is 6.33 Å². The van der Waals surface area contributed by atoms with Crippen LogP contribution in [0.25, 0.3) is 55.5 Å². The molecule has 1 aliphatic rings. The lowest BCUT2D eigenvalue weighted by molar-refractivity contribution is 1.11. The van der Waals surface area contributed by atoms with Gasteiger partial charge in [-0.2, -0.15) is 0 Å². The maximum absolute atomic E-state index is 5.25. The minimum Gasteiger partial charge on any atom is -0.291 e. The van der Waals surface area contributed by atoms with Gasteiger partial charge in [-0.3, -0.25) is 4.90 Å². The predicted molar refractivity (Wildman–Crippen MR) is 167 cm³/mol. The van der Waals surface area contributed by atoms with Crippen LogP contribution < -0.4 is 4.90 Å². The summed E-state index contributed by atoms with van der Waals surface area (Å²) in [6.07, 6.45) is 3.54. The third-order valence-electron chi connectivity index (χ3n) is 7.71. The van der Waals surface area contributed by atoms with E-state index in [-0.39, 0.29) is 0 Å². The van der Waals surface area contributed by atoms with Crippen LogP contribution in [-0.4, -0.2) is 15.0 Å². The van der Waals surface area contributed by atoms with E-state index in [9.17, 15) is 0 Å². The molecule has 4 nitrogen and oxygen atoms in total. The molecule has 2 aromatic heterocycles. The Morgan fingerprint density at radius 3 is 1.88 bits per heavy atom. The van der Waals surface area contributed by atoms with Crippen molar-refractivity contribution < 1.29 is 0 Å². The lowest BCUT2D eigenvalue weighted by Crippen LogP contribution is -2.17. The van der Waals surface area contributed by atoms with Gasteiger partial charge >= 0.3 is 0 Å². The highest BCUT2D eigenvalue weighted by atomic mass is 15.2. The summed E-state index contributed by atoms with van der Waals surface area (Å²) in [5.41, 5.74) is 10.6. The average molecular weight is 525 g/mol. The minimum atomic E-state index is 0.826. The molecule has 41 heavy (non-hydrogen) atoms. The number of pyridine rings is 1. The first-order valence-corrected chi connectivity index (χ1v) is 13.7. The van der Waals surface area contributed by atoms with Gasteiger partial charge in [0.05, 0.1) is 29.0 Å². The van der Waals surface area contributed by atoms with Gasteiger partial charge in [0.15, 0.2) is 0 Å². The Bertz CT molecular complexity index is 1980. The van der Waals surface area contributed by atoms with Crippen LogP contribution in [-0.2, 0) is 0 Å². The fraction of sp³-hybridized carbons (Fsp3) is 0. The van der Waals surface area contributed by atoms with E-state index < -0.39 is 0 Å². The molecule has 0 radical (unpaired) electrons. The molecule has 0 amide bonds. The molecule has 0 bridgehead atoms. The molecule has 0 fully saturated rings. The Labute approximate surface area is 238 Å². The van der Waals surface area contributed by atoms with E-state index in [0.717, 1.165) is 61.6 Å². The number of fused-ring (bicyclic) bond motifs is 2. The maximum atomic E-state index is 5.25. The van der Waals surface area contributed by atoms with Crippen LogP contribution in [0.4, 0.5) is 17.2 Å². The Morgan fingerprint density at radius 2 is 1.17 bits per heavy atom. The first-order valence-electron chi connectivity index (χ1n) is 13.7. The molecular formula is C37H24N4. The van der Waals surface area contributed by atoms with Crippen molar-refractivity contribution in [1.82, 2.24) is 15.0 Å². The number of hydrogen-bond acceptors (Lipinski definition) is 4. The van der Waals surface area contributed by atoms with Gasteiger partial charge in [-0.15, -0.1) is 0 Å². The largest absolute Gasteiger partial charge is 0.291 e. The van der Waals surface area contributed by atoms with Gasteiger partial charge in [-0.05, 0) is 58.0 Å². The lowest BCUT2D eigenvalue weighted by Gasteiger charge is -2.32. The molecule has 192 valence electrons. The fourth-order valence-electron chi connectivity index (χ4n) is 5.83. The molecule has 0 saturated carbocycles. The normalized spacial score (nSPS) is 11.9. The van der Waals surface area contributed by atoms with Gasteiger partial charge in [0, 0.05) is 16.5 Å². The topological polar surface area (TPSA) is 41.9 Å². The molecule has 0 saturated heterocycles. The van der Waals surface area contributed by atoms with Crippen LogP contribution >= 0.6 is 0 Å². The lowest BCUT2D eigenvalue weighted by atomic mass is 9.90. The number of rotatable bonds is 4. The van der Waals surface area contributed by atoms with Crippen LogP contribution in [0.1, 0.15) is 0 Å². The minimum absolute atomic E-state index is 0.826. The predicted octanol–water partition coefficient (Wildman–Crippen LogP) is 9.48. The number of aromatic nitrogens is 3. The molecule has 3 heterocycles. The van der Waals surface area contributed by atoms with E-state index in [1.165, 1.54) is 11.1 Å². The van der Waals surface area contributed by atoms with Crippen molar-refractivity contribution in [3.63, 3.8) is 0 Å². The molecule has 0 atom stereocenters. The quantitative estimate of drug-likeness (QED) is 0.230. The van der Waals surface area contributed by atoms with E-state index in [0.29, 0.717) is 0 Å². The number of nitrogens with zero attached hydrogens (tertiary/aromatic N) is 4. The van der Waals surface area contributed by atoms with Gasteiger partial charge in [-0.25, -0.2) is 15.0 Å². The molecule has 7 aromatic rings. The first kappa shape index (κ1) is 23.3.